The van der Waals surface area contributed by atoms with Crippen molar-refractivity contribution in [3.63, 3.8) is 0 Å². The average Bonchev–Trinajstić information content (AvgIpc) is 2.95. The smallest absolute Gasteiger partial charge is 0.226 e. The molecule has 1 N–H and O–H groups in total. The first-order valence-electron chi connectivity index (χ1n) is 7.53. The normalized spacial score (nSPS) is 16.3. The SMILES string of the molecule is Cc1nc2n(n1)[C@H](c1ccc(Cl)cc1)C=C(c1ccc(Cl)cc1)N2. The molecular weight excluding hydrogens is 343 g/mol. The fraction of sp³-hybridized carbons (Fsp3) is 0.111. The van der Waals surface area contributed by atoms with Crippen molar-refractivity contribution in [3.05, 3.63) is 81.6 Å². The molecule has 0 saturated heterocycles. The minimum atomic E-state index is -0.0506. The van der Waals surface area contributed by atoms with Crippen molar-refractivity contribution in [1.29, 1.82) is 0 Å². The molecule has 0 fully saturated rings. The van der Waals surface area contributed by atoms with Crippen LogP contribution in [0.2, 0.25) is 10.0 Å². The van der Waals surface area contributed by atoms with E-state index in [-0.39, 0.29) is 6.04 Å². The molecule has 2 aromatic carbocycles. The van der Waals surface area contributed by atoms with Crippen molar-refractivity contribution in [2.45, 2.75) is 13.0 Å². The van der Waals surface area contributed by atoms with E-state index in [1.165, 1.54) is 0 Å². The van der Waals surface area contributed by atoms with Crippen LogP contribution in [-0.2, 0) is 0 Å². The number of benzene rings is 2. The lowest BCUT2D eigenvalue weighted by atomic mass is 10.0. The van der Waals surface area contributed by atoms with Gasteiger partial charge in [0.2, 0.25) is 5.95 Å². The largest absolute Gasteiger partial charge is 0.324 e. The zero-order valence-corrected chi connectivity index (χ0v) is 14.4. The molecule has 1 aliphatic rings. The summed E-state index contributed by atoms with van der Waals surface area (Å²) in [6.45, 7) is 1.88. The number of allylic oxidation sites excluding steroid dienone is 1. The summed E-state index contributed by atoms with van der Waals surface area (Å²) in [6, 6.07) is 15.5. The standard InChI is InChI=1S/C18H14Cl2N4/c1-11-21-18-22-16(12-2-6-14(19)7-3-12)10-17(24(18)23-11)13-4-8-15(20)9-5-13/h2-10,17H,1H3,(H,21,22,23)/t17-/m0/s1. The molecule has 0 unspecified atom stereocenters. The molecule has 1 aromatic heterocycles. The maximum Gasteiger partial charge on any atom is 0.226 e. The van der Waals surface area contributed by atoms with Crippen molar-refractivity contribution in [2.75, 3.05) is 5.32 Å². The first-order valence-corrected chi connectivity index (χ1v) is 8.29. The Kier molecular flexibility index (Phi) is 3.79. The third kappa shape index (κ3) is 2.79. The van der Waals surface area contributed by atoms with Crippen molar-refractivity contribution in [3.8, 4) is 0 Å². The molecule has 2 heterocycles. The molecule has 0 aliphatic carbocycles. The Morgan fingerprint density at radius 2 is 1.58 bits per heavy atom. The Morgan fingerprint density at radius 1 is 0.958 bits per heavy atom. The van der Waals surface area contributed by atoms with E-state index in [9.17, 15) is 0 Å². The molecule has 120 valence electrons. The molecule has 1 atom stereocenters. The van der Waals surface area contributed by atoms with E-state index < -0.39 is 0 Å². The summed E-state index contributed by atoms with van der Waals surface area (Å²) in [5.41, 5.74) is 3.12. The van der Waals surface area contributed by atoms with Gasteiger partial charge < -0.3 is 5.32 Å². The quantitative estimate of drug-likeness (QED) is 0.706. The number of aryl methyl sites for hydroxylation is 1. The van der Waals surface area contributed by atoms with Gasteiger partial charge in [0.25, 0.3) is 0 Å². The van der Waals surface area contributed by atoms with Gasteiger partial charge in [0.1, 0.15) is 11.9 Å². The number of rotatable bonds is 2. The van der Waals surface area contributed by atoms with Crippen LogP contribution in [0.15, 0.2) is 54.6 Å². The predicted octanol–water partition coefficient (Wildman–Crippen LogP) is 4.95. The molecule has 0 radical (unpaired) electrons. The van der Waals surface area contributed by atoms with Gasteiger partial charge >= 0.3 is 0 Å². The van der Waals surface area contributed by atoms with Crippen LogP contribution < -0.4 is 5.32 Å². The number of hydrogen-bond acceptors (Lipinski definition) is 3. The second-order valence-corrected chi connectivity index (χ2v) is 6.51. The van der Waals surface area contributed by atoms with Gasteiger partial charge in [-0.3, -0.25) is 0 Å². The number of hydrogen-bond donors (Lipinski definition) is 1. The molecule has 4 nitrogen and oxygen atoms in total. The summed E-state index contributed by atoms with van der Waals surface area (Å²) >= 11 is 12.0. The zero-order chi connectivity index (χ0) is 16.7. The first kappa shape index (κ1) is 15.2. The molecule has 0 spiro atoms. The van der Waals surface area contributed by atoms with E-state index in [1.54, 1.807) is 0 Å². The van der Waals surface area contributed by atoms with Crippen LogP contribution >= 0.6 is 23.2 Å². The highest BCUT2D eigenvalue weighted by Crippen LogP contribution is 2.33. The molecule has 0 bridgehead atoms. The monoisotopic (exact) mass is 356 g/mol. The lowest BCUT2D eigenvalue weighted by molar-refractivity contribution is 0.607. The number of anilines is 1. The first-order chi connectivity index (χ1) is 11.6. The van der Waals surface area contributed by atoms with Crippen LogP contribution in [0.25, 0.3) is 5.70 Å². The summed E-state index contributed by atoms with van der Waals surface area (Å²) in [5, 5.41) is 9.29. The Morgan fingerprint density at radius 3 is 2.25 bits per heavy atom. The lowest BCUT2D eigenvalue weighted by Gasteiger charge is -2.24. The van der Waals surface area contributed by atoms with Gasteiger partial charge in [0.05, 0.1) is 0 Å². The van der Waals surface area contributed by atoms with Gasteiger partial charge in [-0.05, 0) is 48.4 Å². The molecule has 0 amide bonds. The molecule has 1 aliphatic heterocycles. The molecule has 3 aromatic rings. The minimum absolute atomic E-state index is 0.0506. The van der Waals surface area contributed by atoms with Crippen LogP contribution in [0.4, 0.5) is 5.95 Å². The van der Waals surface area contributed by atoms with Crippen LogP contribution in [0.5, 0.6) is 0 Å². The lowest BCUT2D eigenvalue weighted by Crippen LogP contribution is -2.20. The summed E-state index contributed by atoms with van der Waals surface area (Å²) in [4.78, 5) is 4.49. The van der Waals surface area contributed by atoms with Crippen LogP contribution in [0, 0.1) is 6.92 Å². The van der Waals surface area contributed by atoms with Crippen molar-refractivity contribution < 1.29 is 0 Å². The van der Waals surface area contributed by atoms with Gasteiger partial charge in [0, 0.05) is 15.7 Å². The highest BCUT2D eigenvalue weighted by Gasteiger charge is 2.24. The van der Waals surface area contributed by atoms with Gasteiger partial charge in [-0.2, -0.15) is 10.1 Å². The second kappa shape index (κ2) is 5.96. The van der Waals surface area contributed by atoms with E-state index in [0.717, 1.165) is 28.6 Å². The summed E-state index contributed by atoms with van der Waals surface area (Å²) in [6.07, 6.45) is 2.13. The van der Waals surface area contributed by atoms with Gasteiger partial charge in [-0.25, -0.2) is 4.68 Å². The Balaban J connectivity index is 1.82. The molecule has 6 heteroatoms. The van der Waals surface area contributed by atoms with E-state index in [4.69, 9.17) is 23.2 Å². The van der Waals surface area contributed by atoms with Crippen molar-refractivity contribution in [1.82, 2.24) is 14.8 Å². The average molecular weight is 357 g/mol. The maximum atomic E-state index is 6.02. The minimum Gasteiger partial charge on any atom is -0.324 e. The Hall–Kier alpha value is -2.30. The zero-order valence-electron chi connectivity index (χ0n) is 12.9. The maximum absolute atomic E-state index is 6.02. The Labute approximate surface area is 149 Å². The fourth-order valence-electron chi connectivity index (χ4n) is 2.80. The highest BCUT2D eigenvalue weighted by molar-refractivity contribution is 6.30. The highest BCUT2D eigenvalue weighted by atomic mass is 35.5. The topological polar surface area (TPSA) is 42.7 Å². The predicted molar refractivity (Wildman–Crippen MR) is 97.4 cm³/mol. The van der Waals surface area contributed by atoms with E-state index >= 15 is 0 Å². The number of nitrogens with one attached hydrogen (secondary N) is 1. The second-order valence-electron chi connectivity index (χ2n) is 5.64. The van der Waals surface area contributed by atoms with E-state index in [2.05, 4.69) is 21.5 Å². The molecule has 0 saturated carbocycles. The van der Waals surface area contributed by atoms with E-state index in [1.807, 2.05) is 60.1 Å². The number of aromatic nitrogens is 3. The van der Waals surface area contributed by atoms with Crippen LogP contribution in [0.3, 0.4) is 0 Å². The van der Waals surface area contributed by atoms with Crippen molar-refractivity contribution in [2.24, 2.45) is 0 Å². The number of nitrogens with zero attached hydrogens (tertiary/aromatic N) is 3. The summed E-state index contributed by atoms with van der Waals surface area (Å²) in [7, 11) is 0. The molecule has 24 heavy (non-hydrogen) atoms. The fourth-order valence-corrected chi connectivity index (χ4v) is 3.05. The van der Waals surface area contributed by atoms with E-state index in [0.29, 0.717) is 10.0 Å². The van der Waals surface area contributed by atoms with Gasteiger partial charge in [-0.15, -0.1) is 0 Å². The van der Waals surface area contributed by atoms with Crippen molar-refractivity contribution >= 4 is 34.8 Å². The van der Waals surface area contributed by atoms with Gasteiger partial charge in [-0.1, -0.05) is 47.5 Å². The van der Waals surface area contributed by atoms with Gasteiger partial charge in [0.15, 0.2) is 0 Å². The Bertz CT molecular complexity index is 911. The number of fused-ring (bicyclic) bond motifs is 1. The van der Waals surface area contributed by atoms with Crippen LogP contribution in [0.1, 0.15) is 23.0 Å². The molecule has 4 rings (SSSR count). The summed E-state index contributed by atoms with van der Waals surface area (Å²) < 4.78 is 1.89. The summed E-state index contributed by atoms with van der Waals surface area (Å²) in [5.74, 6) is 1.45. The third-order valence-corrected chi connectivity index (χ3v) is 4.44. The third-order valence-electron chi connectivity index (χ3n) is 3.94. The number of halogens is 2. The van der Waals surface area contributed by atoms with Crippen LogP contribution in [-0.4, -0.2) is 14.8 Å². The molecular formula is C18H14Cl2N4.